The summed E-state index contributed by atoms with van der Waals surface area (Å²) in [5.74, 6) is 0.112. The lowest BCUT2D eigenvalue weighted by atomic mass is 10.0. The van der Waals surface area contributed by atoms with E-state index in [9.17, 15) is 9.90 Å². The van der Waals surface area contributed by atoms with E-state index >= 15 is 0 Å². The van der Waals surface area contributed by atoms with Gasteiger partial charge in [0.15, 0.2) is 0 Å². The van der Waals surface area contributed by atoms with Crippen molar-refractivity contribution in [3.63, 3.8) is 0 Å². The SMILES string of the molecule is Cc1ccc(O)c(NC(=O)C2CNC2)c1. The number of carbonyl (C=O) groups is 1. The van der Waals surface area contributed by atoms with Crippen LogP contribution in [0.5, 0.6) is 5.75 Å². The summed E-state index contributed by atoms with van der Waals surface area (Å²) in [6, 6.07) is 5.15. The van der Waals surface area contributed by atoms with Crippen molar-refractivity contribution in [2.24, 2.45) is 5.92 Å². The van der Waals surface area contributed by atoms with Gasteiger partial charge in [0, 0.05) is 13.1 Å². The Balaban J connectivity index is 2.09. The molecule has 1 aromatic rings. The van der Waals surface area contributed by atoms with Gasteiger partial charge in [-0.3, -0.25) is 4.79 Å². The molecule has 4 heteroatoms. The van der Waals surface area contributed by atoms with Crippen LogP contribution in [0.25, 0.3) is 0 Å². The molecule has 1 saturated heterocycles. The first-order valence-electron chi connectivity index (χ1n) is 4.98. The van der Waals surface area contributed by atoms with Gasteiger partial charge >= 0.3 is 0 Å². The number of aromatic hydroxyl groups is 1. The number of hydrogen-bond donors (Lipinski definition) is 3. The van der Waals surface area contributed by atoms with Crippen molar-refractivity contribution >= 4 is 11.6 Å². The highest BCUT2D eigenvalue weighted by atomic mass is 16.3. The lowest BCUT2D eigenvalue weighted by molar-refractivity contribution is -0.121. The van der Waals surface area contributed by atoms with Crippen LogP contribution in [0.1, 0.15) is 5.56 Å². The maximum Gasteiger partial charge on any atom is 0.230 e. The molecule has 3 N–H and O–H groups in total. The maximum atomic E-state index is 11.6. The molecule has 0 bridgehead atoms. The molecule has 0 aromatic heterocycles. The van der Waals surface area contributed by atoms with Gasteiger partial charge in [-0.15, -0.1) is 0 Å². The van der Waals surface area contributed by atoms with E-state index in [2.05, 4.69) is 10.6 Å². The number of nitrogens with one attached hydrogen (secondary N) is 2. The Labute approximate surface area is 88.3 Å². The number of hydrogen-bond acceptors (Lipinski definition) is 3. The Hall–Kier alpha value is -1.55. The van der Waals surface area contributed by atoms with Crippen LogP contribution >= 0.6 is 0 Å². The molecule has 80 valence electrons. The second-order valence-corrected chi connectivity index (χ2v) is 3.87. The zero-order valence-corrected chi connectivity index (χ0v) is 8.58. The van der Waals surface area contributed by atoms with Gasteiger partial charge in [-0.1, -0.05) is 6.07 Å². The minimum atomic E-state index is -0.0327. The summed E-state index contributed by atoms with van der Waals surface area (Å²) in [5.41, 5.74) is 1.50. The van der Waals surface area contributed by atoms with Crippen LogP contribution in [0, 0.1) is 12.8 Å². The highest BCUT2D eigenvalue weighted by Crippen LogP contribution is 2.24. The Morgan fingerprint density at radius 3 is 2.87 bits per heavy atom. The third kappa shape index (κ3) is 2.10. The second kappa shape index (κ2) is 3.90. The fraction of sp³-hybridized carbons (Fsp3) is 0.364. The summed E-state index contributed by atoms with van der Waals surface area (Å²) in [5, 5.41) is 15.3. The van der Waals surface area contributed by atoms with E-state index in [4.69, 9.17) is 0 Å². The molecule has 1 fully saturated rings. The first kappa shape index (κ1) is 9.98. The van der Waals surface area contributed by atoms with Crippen molar-refractivity contribution in [3.8, 4) is 5.75 Å². The van der Waals surface area contributed by atoms with Crippen LogP contribution in [-0.2, 0) is 4.79 Å². The highest BCUT2D eigenvalue weighted by molar-refractivity contribution is 5.94. The number of aryl methyl sites for hydroxylation is 1. The number of anilines is 1. The van der Waals surface area contributed by atoms with E-state index in [-0.39, 0.29) is 17.6 Å². The number of carbonyl (C=O) groups excluding carboxylic acids is 1. The predicted octanol–water partition coefficient (Wildman–Crippen LogP) is 0.859. The number of phenolic OH excluding ortho intramolecular Hbond substituents is 1. The molecule has 0 aliphatic carbocycles. The molecular weight excluding hydrogens is 192 g/mol. The Kier molecular flexibility index (Phi) is 2.60. The lowest BCUT2D eigenvalue weighted by Gasteiger charge is -2.25. The van der Waals surface area contributed by atoms with Crippen LogP contribution in [0.3, 0.4) is 0 Å². The van der Waals surface area contributed by atoms with E-state index in [1.165, 1.54) is 0 Å². The summed E-state index contributed by atoms with van der Waals surface area (Å²) < 4.78 is 0. The standard InChI is InChI=1S/C11H14N2O2/c1-7-2-3-10(14)9(4-7)13-11(15)8-5-12-6-8/h2-4,8,12,14H,5-6H2,1H3,(H,13,15). The maximum absolute atomic E-state index is 11.6. The van der Waals surface area contributed by atoms with Gasteiger partial charge in [0.25, 0.3) is 0 Å². The molecule has 0 radical (unpaired) electrons. The molecule has 2 rings (SSSR count). The van der Waals surface area contributed by atoms with Crippen molar-refractivity contribution < 1.29 is 9.90 Å². The zero-order valence-electron chi connectivity index (χ0n) is 8.58. The second-order valence-electron chi connectivity index (χ2n) is 3.87. The van der Waals surface area contributed by atoms with Crippen molar-refractivity contribution in [3.05, 3.63) is 23.8 Å². The smallest absolute Gasteiger partial charge is 0.230 e. The molecule has 1 aromatic carbocycles. The van der Waals surface area contributed by atoms with Gasteiger partial charge in [-0.2, -0.15) is 0 Å². The molecule has 0 unspecified atom stereocenters. The van der Waals surface area contributed by atoms with E-state index in [0.29, 0.717) is 5.69 Å². The van der Waals surface area contributed by atoms with Gasteiger partial charge in [-0.25, -0.2) is 0 Å². The average Bonchev–Trinajstić information content (AvgIpc) is 2.08. The third-order valence-electron chi connectivity index (χ3n) is 2.56. The summed E-state index contributed by atoms with van der Waals surface area (Å²) in [6.07, 6.45) is 0. The number of phenols is 1. The predicted molar refractivity (Wildman–Crippen MR) is 57.8 cm³/mol. The largest absolute Gasteiger partial charge is 0.506 e. The fourth-order valence-corrected chi connectivity index (χ4v) is 1.46. The van der Waals surface area contributed by atoms with Crippen LogP contribution in [-0.4, -0.2) is 24.1 Å². The van der Waals surface area contributed by atoms with Gasteiger partial charge < -0.3 is 15.7 Å². The topological polar surface area (TPSA) is 61.4 Å². The summed E-state index contributed by atoms with van der Waals surface area (Å²) >= 11 is 0. The quantitative estimate of drug-likeness (QED) is 0.629. The first-order chi connectivity index (χ1) is 7.16. The average molecular weight is 206 g/mol. The Morgan fingerprint density at radius 2 is 2.27 bits per heavy atom. The molecule has 1 amide bonds. The lowest BCUT2D eigenvalue weighted by Crippen LogP contribution is -2.48. The minimum absolute atomic E-state index is 0.0323. The van der Waals surface area contributed by atoms with Crippen LogP contribution < -0.4 is 10.6 Å². The molecule has 0 atom stereocenters. The molecule has 0 saturated carbocycles. The van der Waals surface area contributed by atoms with Crippen molar-refractivity contribution in [1.29, 1.82) is 0 Å². The number of rotatable bonds is 2. The van der Waals surface area contributed by atoms with Crippen molar-refractivity contribution in [2.75, 3.05) is 18.4 Å². The van der Waals surface area contributed by atoms with E-state index in [1.807, 2.05) is 6.92 Å². The summed E-state index contributed by atoms with van der Waals surface area (Å²) in [6.45, 7) is 3.36. The van der Waals surface area contributed by atoms with E-state index in [1.54, 1.807) is 18.2 Å². The number of amides is 1. The zero-order chi connectivity index (χ0) is 10.8. The molecule has 1 aliphatic rings. The van der Waals surface area contributed by atoms with E-state index < -0.39 is 0 Å². The molecule has 15 heavy (non-hydrogen) atoms. The van der Waals surface area contributed by atoms with Gasteiger partial charge in [0.2, 0.25) is 5.91 Å². The van der Waals surface area contributed by atoms with Gasteiger partial charge in [-0.05, 0) is 24.6 Å². The van der Waals surface area contributed by atoms with Crippen molar-refractivity contribution in [2.45, 2.75) is 6.92 Å². The minimum Gasteiger partial charge on any atom is -0.506 e. The fourth-order valence-electron chi connectivity index (χ4n) is 1.46. The van der Waals surface area contributed by atoms with Gasteiger partial charge in [0.1, 0.15) is 5.75 Å². The molecule has 1 heterocycles. The normalized spacial score (nSPS) is 15.8. The van der Waals surface area contributed by atoms with Crippen LogP contribution in [0.4, 0.5) is 5.69 Å². The molecule has 0 spiro atoms. The summed E-state index contributed by atoms with van der Waals surface area (Å²) in [4.78, 5) is 11.6. The monoisotopic (exact) mass is 206 g/mol. The highest BCUT2D eigenvalue weighted by Gasteiger charge is 2.25. The Bertz CT molecular complexity index is 386. The van der Waals surface area contributed by atoms with Crippen LogP contribution in [0.2, 0.25) is 0 Å². The summed E-state index contributed by atoms with van der Waals surface area (Å²) in [7, 11) is 0. The third-order valence-corrected chi connectivity index (χ3v) is 2.56. The molecule has 4 nitrogen and oxygen atoms in total. The van der Waals surface area contributed by atoms with Gasteiger partial charge in [0.05, 0.1) is 11.6 Å². The first-order valence-corrected chi connectivity index (χ1v) is 4.98. The van der Waals surface area contributed by atoms with Crippen molar-refractivity contribution in [1.82, 2.24) is 5.32 Å². The molecular formula is C11H14N2O2. The Morgan fingerprint density at radius 1 is 1.53 bits per heavy atom. The van der Waals surface area contributed by atoms with E-state index in [0.717, 1.165) is 18.7 Å². The number of benzene rings is 1. The van der Waals surface area contributed by atoms with Crippen LogP contribution in [0.15, 0.2) is 18.2 Å². The molecule has 1 aliphatic heterocycles.